The van der Waals surface area contributed by atoms with E-state index in [2.05, 4.69) is 17.3 Å². The Morgan fingerprint density at radius 1 is 1.43 bits per heavy atom. The first-order valence-electron chi connectivity index (χ1n) is 8.00. The van der Waals surface area contributed by atoms with Gasteiger partial charge >= 0.3 is 5.97 Å². The Balaban J connectivity index is 1.85. The Labute approximate surface area is 127 Å². The number of hydrogen-bond acceptors (Lipinski definition) is 4. The van der Waals surface area contributed by atoms with E-state index in [9.17, 15) is 4.79 Å². The fourth-order valence-corrected chi connectivity index (χ4v) is 2.98. The first-order chi connectivity index (χ1) is 10.1. The van der Waals surface area contributed by atoms with Crippen LogP contribution in [0.4, 0.5) is 0 Å². The first-order valence-corrected chi connectivity index (χ1v) is 8.00. The van der Waals surface area contributed by atoms with Gasteiger partial charge in [0, 0.05) is 13.6 Å². The lowest BCUT2D eigenvalue weighted by Gasteiger charge is -2.26. The summed E-state index contributed by atoms with van der Waals surface area (Å²) in [4.78, 5) is 11.9. The van der Waals surface area contributed by atoms with Crippen molar-refractivity contribution in [3.8, 4) is 0 Å². The molecule has 1 heterocycles. The molecule has 0 bridgehead atoms. The Kier molecular flexibility index (Phi) is 5.79. The molecule has 118 valence electrons. The molecule has 0 saturated heterocycles. The van der Waals surface area contributed by atoms with E-state index in [1.54, 1.807) is 10.9 Å². The number of carbonyl (C=O) groups excluding carboxylic acids is 1. The zero-order valence-electron chi connectivity index (χ0n) is 13.4. The molecule has 21 heavy (non-hydrogen) atoms. The molecule has 5 heteroatoms. The third-order valence-electron chi connectivity index (χ3n) is 4.42. The standard InChI is InChI=1S/C16H27N3O2/c1-4-21-16(20)14-10-18-19(3)15(14)11-17-9-13-7-5-12(2)6-8-13/h10,12-13,17H,4-9,11H2,1-3H3. The first kappa shape index (κ1) is 16.0. The maximum Gasteiger partial charge on any atom is 0.341 e. The van der Waals surface area contributed by atoms with E-state index in [1.165, 1.54) is 25.7 Å². The van der Waals surface area contributed by atoms with Crippen LogP contribution in [0, 0.1) is 11.8 Å². The molecule has 0 amide bonds. The number of rotatable bonds is 6. The van der Waals surface area contributed by atoms with Gasteiger partial charge in [-0.15, -0.1) is 0 Å². The topological polar surface area (TPSA) is 56.1 Å². The summed E-state index contributed by atoms with van der Waals surface area (Å²) in [6.07, 6.45) is 6.89. The number of aryl methyl sites for hydroxylation is 1. The summed E-state index contributed by atoms with van der Waals surface area (Å²) in [5.74, 6) is 1.36. The number of nitrogens with zero attached hydrogens (tertiary/aromatic N) is 2. The monoisotopic (exact) mass is 293 g/mol. The van der Waals surface area contributed by atoms with E-state index in [1.807, 2.05) is 14.0 Å². The molecule has 1 N–H and O–H groups in total. The molecule has 2 rings (SSSR count). The molecule has 0 unspecified atom stereocenters. The van der Waals surface area contributed by atoms with Crippen molar-refractivity contribution in [3.63, 3.8) is 0 Å². The summed E-state index contributed by atoms with van der Waals surface area (Å²) in [7, 11) is 1.86. The summed E-state index contributed by atoms with van der Waals surface area (Å²) < 4.78 is 6.82. The molecule has 1 fully saturated rings. The van der Waals surface area contributed by atoms with E-state index < -0.39 is 0 Å². The number of nitrogens with one attached hydrogen (secondary N) is 1. The average molecular weight is 293 g/mol. The van der Waals surface area contributed by atoms with Crippen LogP contribution in [-0.2, 0) is 18.3 Å². The second kappa shape index (κ2) is 7.59. The zero-order valence-corrected chi connectivity index (χ0v) is 13.4. The molecule has 0 aliphatic heterocycles. The predicted octanol–water partition coefficient (Wildman–Crippen LogP) is 2.51. The summed E-state index contributed by atoms with van der Waals surface area (Å²) in [6.45, 7) is 6.22. The van der Waals surface area contributed by atoms with Gasteiger partial charge in [0.05, 0.1) is 18.5 Å². The largest absolute Gasteiger partial charge is 0.462 e. The van der Waals surface area contributed by atoms with Gasteiger partial charge in [-0.25, -0.2) is 4.79 Å². The van der Waals surface area contributed by atoms with Crippen molar-refractivity contribution in [1.29, 1.82) is 0 Å². The maximum absolute atomic E-state index is 11.9. The highest BCUT2D eigenvalue weighted by atomic mass is 16.5. The van der Waals surface area contributed by atoms with Gasteiger partial charge in [-0.1, -0.05) is 19.8 Å². The van der Waals surface area contributed by atoms with Gasteiger partial charge in [0.15, 0.2) is 0 Å². The predicted molar refractivity (Wildman–Crippen MR) is 82.0 cm³/mol. The van der Waals surface area contributed by atoms with Crippen molar-refractivity contribution in [3.05, 3.63) is 17.5 Å². The van der Waals surface area contributed by atoms with Crippen LogP contribution in [0.3, 0.4) is 0 Å². The maximum atomic E-state index is 11.9. The van der Waals surface area contributed by atoms with Crippen LogP contribution in [0.1, 0.15) is 55.6 Å². The van der Waals surface area contributed by atoms with Crippen LogP contribution in [0.15, 0.2) is 6.20 Å². The van der Waals surface area contributed by atoms with E-state index in [-0.39, 0.29) is 5.97 Å². The highest BCUT2D eigenvalue weighted by Crippen LogP contribution is 2.27. The van der Waals surface area contributed by atoms with Gasteiger partial charge in [0.1, 0.15) is 5.56 Å². The number of hydrogen-bond donors (Lipinski definition) is 1. The van der Waals surface area contributed by atoms with E-state index >= 15 is 0 Å². The SMILES string of the molecule is CCOC(=O)c1cnn(C)c1CNCC1CCC(C)CC1. The number of carbonyl (C=O) groups is 1. The van der Waals surface area contributed by atoms with Crippen molar-refractivity contribution in [2.45, 2.75) is 46.1 Å². The van der Waals surface area contributed by atoms with Crippen LogP contribution < -0.4 is 5.32 Å². The van der Waals surface area contributed by atoms with Gasteiger partial charge in [-0.3, -0.25) is 4.68 Å². The Bertz CT molecular complexity index is 462. The molecule has 5 nitrogen and oxygen atoms in total. The quantitative estimate of drug-likeness (QED) is 0.819. The normalized spacial score (nSPS) is 22.2. The van der Waals surface area contributed by atoms with E-state index in [0.717, 1.165) is 24.1 Å². The molecular formula is C16H27N3O2. The second-order valence-corrected chi connectivity index (χ2v) is 6.11. The Morgan fingerprint density at radius 2 is 2.14 bits per heavy atom. The minimum atomic E-state index is -0.283. The summed E-state index contributed by atoms with van der Waals surface area (Å²) >= 11 is 0. The molecule has 0 aromatic carbocycles. The van der Waals surface area contributed by atoms with Gasteiger partial charge in [-0.2, -0.15) is 5.10 Å². The Hall–Kier alpha value is -1.36. The lowest BCUT2D eigenvalue weighted by molar-refractivity contribution is 0.0524. The van der Waals surface area contributed by atoms with Gasteiger partial charge in [0.25, 0.3) is 0 Å². The van der Waals surface area contributed by atoms with Crippen LogP contribution in [-0.4, -0.2) is 28.9 Å². The summed E-state index contributed by atoms with van der Waals surface area (Å²) in [5, 5.41) is 7.65. The number of esters is 1. The van der Waals surface area contributed by atoms with Crippen molar-refractivity contribution in [1.82, 2.24) is 15.1 Å². The van der Waals surface area contributed by atoms with Crippen LogP contribution in [0.5, 0.6) is 0 Å². The highest BCUT2D eigenvalue weighted by molar-refractivity contribution is 5.90. The van der Waals surface area contributed by atoms with Gasteiger partial charge < -0.3 is 10.1 Å². The smallest absolute Gasteiger partial charge is 0.341 e. The van der Waals surface area contributed by atoms with Crippen molar-refractivity contribution >= 4 is 5.97 Å². The molecule has 1 aliphatic carbocycles. The zero-order chi connectivity index (χ0) is 15.2. The van der Waals surface area contributed by atoms with Crippen molar-refractivity contribution in [2.75, 3.05) is 13.2 Å². The average Bonchev–Trinajstić information content (AvgIpc) is 2.83. The number of aromatic nitrogens is 2. The van der Waals surface area contributed by atoms with Crippen LogP contribution >= 0.6 is 0 Å². The Morgan fingerprint density at radius 3 is 2.81 bits per heavy atom. The van der Waals surface area contributed by atoms with Gasteiger partial charge in [-0.05, 0) is 38.1 Å². The van der Waals surface area contributed by atoms with E-state index in [4.69, 9.17) is 4.74 Å². The fourth-order valence-electron chi connectivity index (χ4n) is 2.98. The van der Waals surface area contributed by atoms with Crippen LogP contribution in [0.25, 0.3) is 0 Å². The molecule has 0 spiro atoms. The second-order valence-electron chi connectivity index (χ2n) is 6.11. The minimum absolute atomic E-state index is 0.283. The molecule has 0 atom stereocenters. The highest BCUT2D eigenvalue weighted by Gasteiger charge is 2.19. The summed E-state index contributed by atoms with van der Waals surface area (Å²) in [6, 6.07) is 0. The third-order valence-corrected chi connectivity index (χ3v) is 4.42. The van der Waals surface area contributed by atoms with Crippen LogP contribution in [0.2, 0.25) is 0 Å². The van der Waals surface area contributed by atoms with Gasteiger partial charge in [0.2, 0.25) is 0 Å². The third kappa shape index (κ3) is 4.30. The molecule has 1 saturated carbocycles. The molecule has 0 radical (unpaired) electrons. The molecule has 1 aromatic rings. The molecular weight excluding hydrogens is 266 g/mol. The fraction of sp³-hybridized carbons (Fsp3) is 0.750. The molecule has 1 aromatic heterocycles. The van der Waals surface area contributed by atoms with Crippen molar-refractivity contribution in [2.24, 2.45) is 18.9 Å². The lowest BCUT2D eigenvalue weighted by Crippen LogP contribution is -2.27. The number of ether oxygens (including phenoxy) is 1. The minimum Gasteiger partial charge on any atom is -0.462 e. The van der Waals surface area contributed by atoms with Crippen molar-refractivity contribution < 1.29 is 9.53 Å². The molecule has 1 aliphatic rings. The summed E-state index contributed by atoms with van der Waals surface area (Å²) in [5.41, 5.74) is 1.47. The lowest BCUT2D eigenvalue weighted by atomic mass is 9.83. The van der Waals surface area contributed by atoms with E-state index in [0.29, 0.717) is 18.7 Å².